The molecule has 2 rings (SSSR count). The van der Waals surface area contributed by atoms with Crippen molar-refractivity contribution in [3.8, 4) is 6.07 Å². The van der Waals surface area contributed by atoms with Crippen LogP contribution in [0.25, 0.3) is 11.6 Å². The summed E-state index contributed by atoms with van der Waals surface area (Å²) in [6.45, 7) is 0. The predicted molar refractivity (Wildman–Crippen MR) is 73.3 cm³/mol. The van der Waals surface area contributed by atoms with Crippen molar-refractivity contribution < 1.29 is 0 Å². The monoisotopic (exact) mass is 232 g/mol. The van der Waals surface area contributed by atoms with Crippen molar-refractivity contribution in [3.63, 3.8) is 0 Å². The minimum absolute atomic E-state index is 0.558. The van der Waals surface area contributed by atoms with Crippen LogP contribution in [0.2, 0.25) is 0 Å². The molecule has 2 nitrogen and oxygen atoms in total. The zero-order valence-electron chi connectivity index (χ0n) is 9.82. The van der Waals surface area contributed by atoms with Gasteiger partial charge in [0.1, 0.15) is 6.07 Å². The average molecular weight is 232 g/mol. The van der Waals surface area contributed by atoms with Gasteiger partial charge in [0.05, 0.1) is 11.3 Å². The van der Waals surface area contributed by atoms with E-state index in [1.807, 2.05) is 60.7 Å². The molecule has 0 amide bonds. The van der Waals surface area contributed by atoms with Crippen molar-refractivity contribution in [1.82, 2.24) is 4.98 Å². The second kappa shape index (κ2) is 6.17. The normalized spacial score (nSPS) is 11.4. The molecule has 2 aromatic rings. The van der Waals surface area contributed by atoms with E-state index in [0.29, 0.717) is 11.3 Å². The summed E-state index contributed by atoms with van der Waals surface area (Å²) in [5.41, 5.74) is 2.35. The summed E-state index contributed by atoms with van der Waals surface area (Å²) in [6.07, 6.45) is 7.28. The summed E-state index contributed by atoms with van der Waals surface area (Å²) in [5, 5.41) is 9.08. The topological polar surface area (TPSA) is 36.7 Å². The third-order valence-electron chi connectivity index (χ3n) is 2.41. The van der Waals surface area contributed by atoms with Crippen LogP contribution in [0, 0.1) is 11.3 Å². The van der Waals surface area contributed by atoms with Crippen LogP contribution in [0.3, 0.4) is 0 Å². The quantitative estimate of drug-likeness (QED) is 0.597. The Morgan fingerprint density at radius 1 is 1.06 bits per heavy atom. The third kappa shape index (κ3) is 3.16. The van der Waals surface area contributed by atoms with Gasteiger partial charge in [0.2, 0.25) is 0 Å². The summed E-state index contributed by atoms with van der Waals surface area (Å²) >= 11 is 0. The summed E-state index contributed by atoms with van der Waals surface area (Å²) in [6, 6.07) is 17.6. The molecule has 0 saturated carbocycles. The van der Waals surface area contributed by atoms with Crippen LogP contribution < -0.4 is 0 Å². The molecular formula is C16H12N2. The van der Waals surface area contributed by atoms with Gasteiger partial charge in [0.25, 0.3) is 0 Å². The zero-order chi connectivity index (χ0) is 12.6. The predicted octanol–water partition coefficient (Wildman–Crippen LogP) is 3.70. The first kappa shape index (κ1) is 11.8. The molecule has 0 unspecified atom stereocenters. The van der Waals surface area contributed by atoms with E-state index in [0.717, 1.165) is 5.56 Å². The number of hydrogen-bond acceptors (Lipinski definition) is 2. The van der Waals surface area contributed by atoms with Gasteiger partial charge in [-0.05, 0) is 23.8 Å². The van der Waals surface area contributed by atoms with Crippen molar-refractivity contribution in [1.29, 1.82) is 5.26 Å². The van der Waals surface area contributed by atoms with Crippen LogP contribution in [-0.2, 0) is 0 Å². The number of rotatable bonds is 3. The maximum Gasteiger partial charge on any atom is 0.101 e. The highest BCUT2D eigenvalue weighted by atomic mass is 14.7. The van der Waals surface area contributed by atoms with Crippen LogP contribution in [-0.4, -0.2) is 4.98 Å². The molecule has 18 heavy (non-hydrogen) atoms. The van der Waals surface area contributed by atoms with E-state index in [1.54, 1.807) is 12.3 Å². The van der Waals surface area contributed by atoms with Crippen LogP contribution in [0.4, 0.5) is 0 Å². The standard InChI is InChI=1S/C16H12N2/c17-13-15(16-11-4-5-12-18-16)10-6-9-14-7-2-1-3-8-14/h1-12H. The first-order valence-corrected chi connectivity index (χ1v) is 5.65. The van der Waals surface area contributed by atoms with E-state index in [2.05, 4.69) is 11.1 Å². The molecular weight excluding hydrogens is 220 g/mol. The first-order chi connectivity index (χ1) is 8.90. The molecule has 0 aliphatic carbocycles. The lowest BCUT2D eigenvalue weighted by molar-refractivity contribution is 1.28. The number of allylic oxidation sites excluding steroid dienone is 3. The maximum atomic E-state index is 9.08. The molecule has 0 saturated heterocycles. The molecule has 0 aliphatic heterocycles. The van der Waals surface area contributed by atoms with Gasteiger partial charge in [-0.1, -0.05) is 48.6 Å². The van der Waals surface area contributed by atoms with Crippen molar-refractivity contribution in [2.45, 2.75) is 0 Å². The number of benzene rings is 1. The Morgan fingerprint density at radius 2 is 1.83 bits per heavy atom. The van der Waals surface area contributed by atoms with E-state index in [9.17, 15) is 0 Å². The van der Waals surface area contributed by atoms with Crippen molar-refractivity contribution in [2.75, 3.05) is 0 Å². The molecule has 0 atom stereocenters. The second-order valence-electron chi connectivity index (χ2n) is 3.68. The highest BCUT2D eigenvalue weighted by Crippen LogP contribution is 2.10. The SMILES string of the molecule is N#CC(=CC=Cc1ccccc1)c1ccccn1. The maximum absolute atomic E-state index is 9.08. The molecule has 0 fully saturated rings. The fourth-order valence-corrected chi connectivity index (χ4v) is 1.52. The van der Waals surface area contributed by atoms with E-state index < -0.39 is 0 Å². The lowest BCUT2D eigenvalue weighted by Crippen LogP contribution is -1.84. The Hall–Kier alpha value is -2.66. The van der Waals surface area contributed by atoms with Crippen LogP contribution in [0.15, 0.2) is 66.9 Å². The van der Waals surface area contributed by atoms with E-state index in [-0.39, 0.29) is 0 Å². The fraction of sp³-hybridized carbons (Fsp3) is 0. The van der Waals surface area contributed by atoms with Crippen LogP contribution >= 0.6 is 0 Å². The number of aromatic nitrogens is 1. The van der Waals surface area contributed by atoms with Crippen LogP contribution in [0.5, 0.6) is 0 Å². The first-order valence-electron chi connectivity index (χ1n) is 5.65. The van der Waals surface area contributed by atoms with Gasteiger partial charge < -0.3 is 0 Å². The van der Waals surface area contributed by atoms with Crippen molar-refractivity contribution >= 4 is 11.6 Å². The molecule has 0 radical (unpaired) electrons. The Kier molecular flexibility index (Phi) is 4.05. The van der Waals surface area contributed by atoms with Gasteiger partial charge in [0.15, 0.2) is 0 Å². The largest absolute Gasteiger partial charge is 0.256 e. The molecule has 0 bridgehead atoms. The highest BCUT2D eigenvalue weighted by Gasteiger charge is 1.98. The van der Waals surface area contributed by atoms with Gasteiger partial charge in [0, 0.05) is 6.20 Å². The van der Waals surface area contributed by atoms with Gasteiger partial charge >= 0.3 is 0 Å². The second-order valence-corrected chi connectivity index (χ2v) is 3.68. The molecule has 2 heteroatoms. The lowest BCUT2D eigenvalue weighted by atomic mass is 10.1. The zero-order valence-corrected chi connectivity index (χ0v) is 9.82. The Labute approximate surface area is 107 Å². The minimum atomic E-state index is 0.558. The van der Waals surface area contributed by atoms with Crippen LogP contribution in [0.1, 0.15) is 11.3 Å². The summed E-state index contributed by atoms with van der Waals surface area (Å²) < 4.78 is 0. The molecule has 0 spiro atoms. The molecule has 1 heterocycles. The van der Waals surface area contributed by atoms with Crippen molar-refractivity contribution in [2.24, 2.45) is 0 Å². The van der Waals surface area contributed by atoms with Gasteiger partial charge in [-0.2, -0.15) is 5.26 Å². The lowest BCUT2D eigenvalue weighted by Gasteiger charge is -1.95. The fourth-order valence-electron chi connectivity index (χ4n) is 1.52. The Balaban J connectivity index is 2.18. The molecule has 1 aromatic carbocycles. The molecule has 0 aliphatic rings. The summed E-state index contributed by atoms with van der Waals surface area (Å²) in [4.78, 5) is 4.15. The van der Waals surface area contributed by atoms with Gasteiger partial charge in [-0.15, -0.1) is 0 Å². The smallest absolute Gasteiger partial charge is 0.101 e. The van der Waals surface area contributed by atoms with Gasteiger partial charge in [-0.3, -0.25) is 4.98 Å². The molecule has 1 aromatic heterocycles. The van der Waals surface area contributed by atoms with Gasteiger partial charge in [-0.25, -0.2) is 0 Å². The third-order valence-corrected chi connectivity index (χ3v) is 2.41. The number of nitriles is 1. The highest BCUT2D eigenvalue weighted by molar-refractivity contribution is 5.76. The molecule has 0 N–H and O–H groups in total. The van der Waals surface area contributed by atoms with E-state index in [1.165, 1.54) is 0 Å². The molecule has 86 valence electrons. The summed E-state index contributed by atoms with van der Waals surface area (Å²) in [7, 11) is 0. The van der Waals surface area contributed by atoms with Crippen molar-refractivity contribution in [3.05, 3.63) is 78.1 Å². The summed E-state index contributed by atoms with van der Waals surface area (Å²) in [5.74, 6) is 0. The average Bonchev–Trinajstić information content (AvgIpc) is 2.46. The minimum Gasteiger partial charge on any atom is -0.256 e. The Bertz CT molecular complexity index is 590. The number of hydrogen-bond donors (Lipinski definition) is 0. The van der Waals surface area contributed by atoms with E-state index in [4.69, 9.17) is 5.26 Å². The number of nitrogens with zero attached hydrogens (tertiary/aromatic N) is 2. The van der Waals surface area contributed by atoms with E-state index >= 15 is 0 Å². The number of pyridine rings is 1. The Morgan fingerprint density at radius 3 is 2.50 bits per heavy atom.